The molecule has 33 heavy (non-hydrogen) atoms. The molecule has 0 saturated carbocycles. The smallest absolute Gasteiger partial charge is 0.267 e. The van der Waals surface area contributed by atoms with Crippen molar-refractivity contribution < 1.29 is 22.7 Å². The Morgan fingerprint density at radius 3 is 2.36 bits per heavy atom. The van der Waals surface area contributed by atoms with Crippen molar-refractivity contribution in [2.45, 2.75) is 18.2 Å². The topological polar surface area (TPSA) is 129 Å². The molecule has 1 aliphatic heterocycles. The predicted octanol–water partition coefficient (Wildman–Crippen LogP) is 1.63. The van der Waals surface area contributed by atoms with Crippen LogP contribution in [0.5, 0.6) is 5.75 Å². The van der Waals surface area contributed by atoms with Crippen LogP contribution in [0.4, 0.5) is 5.69 Å². The maximum atomic E-state index is 12.6. The van der Waals surface area contributed by atoms with E-state index in [2.05, 4.69) is 20.7 Å². The highest BCUT2D eigenvalue weighted by molar-refractivity contribution is 7.89. The zero-order chi connectivity index (χ0) is 23.8. The molecule has 0 saturated heterocycles. The Labute approximate surface area is 192 Å². The summed E-state index contributed by atoms with van der Waals surface area (Å²) in [6.07, 6.45) is 3.54. The van der Waals surface area contributed by atoms with Crippen molar-refractivity contribution in [2.24, 2.45) is 5.10 Å². The molecule has 2 amide bonds. The lowest BCUT2D eigenvalue weighted by Gasteiger charge is -2.25. The number of ether oxygens (including phenoxy) is 1. The van der Waals surface area contributed by atoms with E-state index in [0.29, 0.717) is 24.2 Å². The van der Waals surface area contributed by atoms with Crippen LogP contribution in [0.2, 0.25) is 0 Å². The number of hydrogen-bond donors (Lipinski definition) is 3. The molecule has 0 aliphatic carbocycles. The van der Waals surface area contributed by atoms with Crippen LogP contribution in [0.25, 0.3) is 0 Å². The molecular formula is C22H25N5O5S. The zero-order valence-electron chi connectivity index (χ0n) is 18.2. The summed E-state index contributed by atoms with van der Waals surface area (Å²) in [5, 5.41) is 8.05. The first kappa shape index (κ1) is 24.1. The Hall–Kier alpha value is -3.54. The van der Waals surface area contributed by atoms with Gasteiger partial charge >= 0.3 is 0 Å². The predicted molar refractivity (Wildman–Crippen MR) is 124 cm³/mol. The summed E-state index contributed by atoms with van der Waals surface area (Å²) in [7, 11) is -2.21. The van der Waals surface area contributed by atoms with Gasteiger partial charge in [-0.2, -0.15) is 5.10 Å². The molecule has 11 heteroatoms. The molecule has 0 atom stereocenters. The van der Waals surface area contributed by atoms with Crippen molar-refractivity contribution in [2.75, 3.05) is 25.5 Å². The molecule has 3 N–H and O–H groups in total. The number of anilines is 1. The minimum absolute atomic E-state index is 0.0667. The summed E-state index contributed by atoms with van der Waals surface area (Å²) < 4.78 is 30.3. The largest absolute Gasteiger partial charge is 0.497 e. The number of sulfonamides is 1. The molecule has 0 fully saturated rings. The van der Waals surface area contributed by atoms with Crippen molar-refractivity contribution in [3.05, 3.63) is 65.7 Å². The van der Waals surface area contributed by atoms with Gasteiger partial charge in [-0.1, -0.05) is 6.08 Å². The maximum Gasteiger partial charge on any atom is 0.267 e. The van der Waals surface area contributed by atoms with Gasteiger partial charge in [-0.05, 0) is 60.5 Å². The fourth-order valence-corrected chi connectivity index (χ4v) is 4.13. The van der Waals surface area contributed by atoms with Gasteiger partial charge in [-0.15, -0.1) is 4.83 Å². The van der Waals surface area contributed by atoms with E-state index < -0.39 is 10.0 Å². The average Bonchev–Trinajstić information content (AvgIpc) is 2.79. The van der Waals surface area contributed by atoms with Gasteiger partial charge in [-0.3, -0.25) is 9.59 Å². The highest BCUT2D eigenvalue weighted by Gasteiger charge is 2.22. The van der Waals surface area contributed by atoms with Gasteiger partial charge in [-0.25, -0.2) is 18.9 Å². The van der Waals surface area contributed by atoms with Crippen molar-refractivity contribution >= 4 is 33.7 Å². The quantitative estimate of drug-likeness (QED) is 0.396. The molecule has 10 nitrogen and oxygen atoms in total. The van der Waals surface area contributed by atoms with Crippen molar-refractivity contribution in [1.29, 1.82) is 0 Å². The van der Waals surface area contributed by atoms with E-state index in [1.54, 1.807) is 25.3 Å². The van der Waals surface area contributed by atoms with Gasteiger partial charge in [0.2, 0.25) is 5.91 Å². The monoisotopic (exact) mass is 471 g/mol. The van der Waals surface area contributed by atoms with Crippen molar-refractivity contribution in [1.82, 2.24) is 15.3 Å². The number of hydrogen-bond acceptors (Lipinski definition) is 7. The van der Waals surface area contributed by atoms with Gasteiger partial charge in [0, 0.05) is 31.3 Å². The van der Waals surface area contributed by atoms with Crippen molar-refractivity contribution in [3.8, 4) is 5.75 Å². The molecule has 0 aromatic heterocycles. The fraction of sp³-hybridized carbons (Fsp3) is 0.227. The number of carbonyl (C=O) groups is 2. The number of nitrogens with zero attached hydrogens (tertiary/aromatic N) is 2. The Balaban J connectivity index is 1.52. The standard InChI is InChI=1S/C22H25N5O5S/c1-16(28)24-19-5-9-21(10-6-19)33(30,31)26-27-13-11-18(12-14-27)22(29)25-23-15-17-3-7-20(32-2)8-4-17/h3-11,15,26H,12-14H2,1-2H3,(H,24,28)(H,25,29). The second-order valence-corrected chi connectivity index (χ2v) is 8.86. The third-order valence-electron chi connectivity index (χ3n) is 4.73. The van der Waals surface area contributed by atoms with Crippen LogP contribution >= 0.6 is 0 Å². The van der Waals surface area contributed by atoms with E-state index in [-0.39, 0.29) is 23.3 Å². The summed E-state index contributed by atoms with van der Waals surface area (Å²) >= 11 is 0. The molecule has 174 valence electrons. The number of rotatable bonds is 8. The van der Waals surface area contributed by atoms with Crippen LogP contribution < -0.4 is 20.3 Å². The summed E-state index contributed by atoms with van der Waals surface area (Å²) in [6.45, 7) is 1.93. The number of amides is 2. The summed E-state index contributed by atoms with van der Waals surface area (Å²) in [5.74, 6) is 0.150. The Morgan fingerprint density at radius 2 is 1.79 bits per heavy atom. The van der Waals surface area contributed by atoms with E-state index in [4.69, 9.17) is 4.74 Å². The van der Waals surface area contributed by atoms with Crippen molar-refractivity contribution in [3.63, 3.8) is 0 Å². The van der Waals surface area contributed by atoms with E-state index in [1.807, 2.05) is 12.1 Å². The molecule has 1 aliphatic rings. The second-order valence-electron chi connectivity index (χ2n) is 7.20. The first-order valence-electron chi connectivity index (χ1n) is 10.1. The molecule has 2 aromatic rings. The summed E-state index contributed by atoms with van der Waals surface area (Å²) in [4.78, 5) is 26.0. The number of methoxy groups -OCH3 is 1. The van der Waals surface area contributed by atoms with E-state index in [1.165, 1.54) is 42.4 Å². The maximum absolute atomic E-state index is 12.6. The molecule has 1 heterocycles. The molecule has 0 bridgehead atoms. The highest BCUT2D eigenvalue weighted by Crippen LogP contribution is 2.16. The summed E-state index contributed by atoms with van der Waals surface area (Å²) in [6, 6.07) is 13.1. The first-order chi connectivity index (χ1) is 15.8. The molecule has 3 rings (SSSR count). The fourth-order valence-electron chi connectivity index (χ4n) is 3.03. The van der Waals surface area contributed by atoms with Crippen LogP contribution in [0.1, 0.15) is 18.9 Å². The third-order valence-corrected chi connectivity index (χ3v) is 6.12. The number of hydrazone groups is 1. The van der Waals surface area contributed by atoms with Crippen LogP contribution in [0.3, 0.4) is 0 Å². The molecule has 2 aromatic carbocycles. The summed E-state index contributed by atoms with van der Waals surface area (Å²) in [5.41, 5.74) is 4.32. The van der Waals surface area contributed by atoms with Crippen LogP contribution in [-0.2, 0) is 19.6 Å². The average molecular weight is 472 g/mol. The minimum Gasteiger partial charge on any atom is -0.497 e. The Kier molecular flexibility index (Phi) is 7.93. The first-order valence-corrected chi connectivity index (χ1v) is 11.6. The van der Waals surface area contributed by atoms with Crippen LogP contribution in [0.15, 0.2) is 70.2 Å². The van der Waals surface area contributed by atoms with E-state index in [9.17, 15) is 18.0 Å². The molecular weight excluding hydrogens is 446 g/mol. The SMILES string of the molecule is COc1ccc(C=NNC(=O)C2=CCN(NS(=O)(=O)c3ccc(NC(C)=O)cc3)CC2)cc1. The number of hydrazine groups is 1. The highest BCUT2D eigenvalue weighted by atomic mass is 32.2. The number of carbonyl (C=O) groups excluding carboxylic acids is 2. The van der Waals surface area contributed by atoms with Gasteiger partial charge in [0.25, 0.3) is 15.9 Å². The normalized spacial score (nSPS) is 14.5. The zero-order valence-corrected chi connectivity index (χ0v) is 19.1. The third kappa shape index (κ3) is 6.97. The molecule has 0 unspecified atom stereocenters. The molecule has 0 radical (unpaired) electrons. The van der Waals surface area contributed by atoms with Crippen LogP contribution in [0, 0.1) is 0 Å². The van der Waals surface area contributed by atoms with Gasteiger partial charge in [0.1, 0.15) is 5.75 Å². The second kappa shape index (κ2) is 10.9. The molecule has 0 spiro atoms. The van der Waals surface area contributed by atoms with Gasteiger partial charge in [0.05, 0.1) is 18.2 Å². The van der Waals surface area contributed by atoms with Gasteiger partial charge in [0.15, 0.2) is 0 Å². The van der Waals surface area contributed by atoms with E-state index >= 15 is 0 Å². The Morgan fingerprint density at radius 1 is 1.09 bits per heavy atom. The number of benzene rings is 2. The number of nitrogens with one attached hydrogen (secondary N) is 3. The Bertz CT molecular complexity index is 1160. The van der Waals surface area contributed by atoms with E-state index in [0.717, 1.165) is 11.3 Å². The minimum atomic E-state index is -3.79. The lowest BCUT2D eigenvalue weighted by molar-refractivity contribution is -0.117. The van der Waals surface area contributed by atoms with Crippen LogP contribution in [-0.4, -0.2) is 51.7 Å². The lowest BCUT2D eigenvalue weighted by atomic mass is 10.1. The van der Waals surface area contributed by atoms with Gasteiger partial charge < -0.3 is 10.1 Å². The lowest BCUT2D eigenvalue weighted by Crippen LogP contribution is -2.45.